The molecule has 1 unspecified atom stereocenters. The summed E-state index contributed by atoms with van der Waals surface area (Å²) in [6.07, 6.45) is 0.816. The fourth-order valence-corrected chi connectivity index (χ4v) is 4.28. The first-order valence-corrected chi connectivity index (χ1v) is 11.2. The van der Waals surface area contributed by atoms with Crippen molar-refractivity contribution >= 4 is 23.6 Å². The van der Waals surface area contributed by atoms with Gasteiger partial charge in [-0.2, -0.15) is 0 Å². The maximum atomic E-state index is 13.0. The Bertz CT molecular complexity index is 1060. The van der Waals surface area contributed by atoms with E-state index >= 15 is 0 Å². The topological polar surface area (TPSA) is 87.2 Å². The molecule has 0 bridgehead atoms. The first-order valence-electron chi connectivity index (χ1n) is 11.2. The lowest BCUT2D eigenvalue weighted by molar-refractivity contribution is -0.142. The predicted molar refractivity (Wildman–Crippen MR) is 121 cm³/mol. The summed E-state index contributed by atoms with van der Waals surface area (Å²) >= 11 is 0. The van der Waals surface area contributed by atoms with E-state index in [2.05, 4.69) is 0 Å². The van der Waals surface area contributed by atoms with Crippen LogP contribution in [0.25, 0.3) is 0 Å². The molecule has 8 heteroatoms. The number of para-hydroxylation sites is 1. The van der Waals surface area contributed by atoms with Crippen LogP contribution in [0.15, 0.2) is 48.5 Å². The van der Waals surface area contributed by atoms with Crippen LogP contribution < -0.4 is 4.74 Å². The molecule has 0 N–H and O–H groups in total. The van der Waals surface area contributed by atoms with Crippen molar-refractivity contribution in [1.29, 1.82) is 0 Å². The number of hydrogen-bond acceptors (Lipinski definition) is 5. The summed E-state index contributed by atoms with van der Waals surface area (Å²) in [6.45, 7) is 4.96. The van der Waals surface area contributed by atoms with E-state index in [1.165, 1.54) is 0 Å². The van der Waals surface area contributed by atoms with E-state index < -0.39 is 17.9 Å². The number of hydrogen-bond donors (Lipinski definition) is 0. The van der Waals surface area contributed by atoms with Gasteiger partial charge in [-0.15, -0.1) is 0 Å². The van der Waals surface area contributed by atoms with Gasteiger partial charge in [0.25, 0.3) is 17.7 Å². The largest absolute Gasteiger partial charge is 0.483 e. The van der Waals surface area contributed by atoms with Crippen LogP contribution in [-0.4, -0.2) is 77.2 Å². The van der Waals surface area contributed by atoms with Crippen molar-refractivity contribution in [3.8, 4) is 5.75 Å². The van der Waals surface area contributed by atoms with Gasteiger partial charge in [-0.3, -0.25) is 24.1 Å². The van der Waals surface area contributed by atoms with Crippen LogP contribution in [0, 0.1) is 0 Å². The monoisotopic (exact) mass is 449 g/mol. The maximum absolute atomic E-state index is 13.0. The third kappa shape index (κ3) is 4.33. The average Bonchev–Trinajstić information content (AvgIpc) is 3.11. The Hall–Kier alpha value is -3.68. The first kappa shape index (κ1) is 22.5. The molecule has 2 aromatic rings. The molecule has 0 saturated carbocycles. The van der Waals surface area contributed by atoms with Gasteiger partial charge in [0.1, 0.15) is 11.8 Å². The summed E-state index contributed by atoms with van der Waals surface area (Å²) in [5.74, 6) is -0.632. The number of benzene rings is 2. The third-order valence-corrected chi connectivity index (χ3v) is 6.22. The van der Waals surface area contributed by atoms with E-state index in [-0.39, 0.29) is 18.4 Å². The summed E-state index contributed by atoms with van der Waals surface area (Å²) < 4.78 is 5.72. The van der Waals surface area contributed by atoms with E-state index in [9.17, 15) is 19.2 Å². The highest BCUT2D eigenvalue weighted by atomic mass is 16.5. The van der Waals surface area contributed by atoms with Crippen LogP contribution in [0.3, 0.4) is 0 Å². The number of aryl methyl sites for hydroxylation is 1. The first-order chi connectivity index (χ1) is 15.9. The second-order valence-corrected chi connectivity index (χ2v) is 8.16. The second-order valence-electron chi connectivity index (χ2n) is 8.16. The quantitative estimate of drug-likeness (QED) is 0.630. The molecular formula is C25H27N3O5. The molecule has 4 amide bonds. The fourth-order valence-electron chi connectivity index (χ4n) is 4.28. The summed E-state index contributed by atoms with van der Waals surface area (Å²) in [5.41, 5.74) is 1.69. The Morgan fingerprint density at radius 2 is 1.42 bits per heavy atom. The molecule has 33 heavy (non-hydrogen) atoms. The normalized spacial score (nSPS) is 16.6. The maximum Gasteiger partial charge on any atom is 0.262 e. The van der Waals surface area contributed by atoms with Gasteiger partial charge in [0.15, 0.2) is 6.61 Å². The number of ether oxygens (including phenoxy) is 1. The van der Waals surface area contributed by atoms with Crippen LogP contribution in [0.5, 0.6) is 5.75 Å². The zero-order valence-electron chi connectivity index (χ0n) is 18.8. The number of rotatable bonds is 6. The van der Waals surface area contributed by atoms with E-state index in [0.29, 0.717) is 43.1 Å². The lowest BCUT2D eigenvalue weighted by atomic mass is 10.1. The van der Waals surface area contributed by atoms with Crippen molar-refractivity contribution < 1.29 is 23.9 Å². The molecule has 172 valence electrons. The van der Waals surface area contributed by atoms with Gasteiger partial charge < -0.3 is 14.5 Å². The zero-order chi connectivity index (χ0) is 23.5. The average molecular weight is 450 g/mol. The Morgan fingerprint density at radius 1 is 0.879 bits per heavy atom. The molecule has 0 aliphatic carbocycles. The minimum Gasteiger partial charge on any atom is -0.483 e. The van der Waals surface area contributed by atoms with E-state index in [4.69, 9.17) is 4.74 Å². The highest BCUT2D eigenvalue weighted by Crippen LogP contribution is 2.25. The van der Waals surface area contributed by atoms with Crippen molar-refractivity contribution in [2.24, 2.45) is 0 Å². The number of carbonyl (C=O) groups is 4. The molecule has 2 aromatic carbocycles. The van der Waals surface area contributed by atoms with Gasteiger partial charge in [0.05, 0.1) is 11.1 Å². The standard InChI is InChI=1S/C25H27N3O5/c1-3-18-8-4-7-11-21(18)33-16-22(29)26-12-14-27(15-13-26)23(30)17(2)28-24(31)19-9-5-6-10-20(19)25(28)32/h4-11,17H,3,12-16H2,1-2H3. The molecule has 1 saturated heterocycles. The second kappa shape index (κ2) is 9.44. The fraction of sp³-hybridized carbons (Fsp3) is 0.360. The third-order valence-electron chi connectivity index (χ3n) is 6.22. The summed E-state index contributed by atoms with van der Waals surface area (Å²) in [4.78, 5) is 55.3. The van der Waals surface area contributed by atoms with Crippen LogP contribution >= 0.6 is 0 Å². The molecule has 1 fully saturated rings. The van der Waals surface area contributed by atoms with Gasteiger partial charge in [-0.05, 0) is 37.1 Å². The van der Waals surface area contributed by atoms with Gasteiger partial charge in [0.2, 0.25) is 5.91 Å². The predicted octanol–water partition coefficient (Wildman–Crippen LogP) is 1.98. The number of imide groups is 1. The van der Waals surface area contributed by atoms with Crippen molar-refractivity contribution in [3.05, 3.63) is 65.2 Å². The number of fused-ring (bicyclic) bond motifs is 1. The zero-order valence-corrected chi connectivity index (χ0v) is 18.8. The minimum atomic E-state index is -0.909. The Morgan fingerprint density at radius 3 is 2.03 bits per heavy atom. The van der Waals surface area contributed by atoms with Gasteiger partial charge in [0, 0.05) is 26.2 Å². The van der Waals surface area contributed by atoms with E-state index in [0.717, 1.165) is 16.9 Å². The molecule has 2 aliphatic heterocycles. The smallest absolute Gasteiger partial charge is 0.262 e. The van der Waals surface area contributed by atoms with Crippen LogP contribution in [0.1, 0.15) is 40.1 Å². The van der Waals surface area contributed by atoms with Crippen LogP contribution in [0.2, 0.25) is 0 Å². The minimum absolute atomic E-state index is 0.0591. The van der Waals surface area contributed by atoms with Crippen molar-refractivity contribution in [2.75, 3.05) is 32.8 Å². The molecule has 0 aromatic heterocycles. The van der Waals surface area contributed by atoms with Gasteiger partial charge in [-0.25, -0.2) is 0 Å². The molecule has 2 heterocycles. The van der Waals surface area contributed by atoms with E-state index in [1.807, 2.05) is 31.2 Å². The van der Waals surface area contributed by atoms with Crippen molar-refractivity contribution in [2.45, 2.75) is 26.3 Å². The summed E-state index contributed by atoms with van der Waals surface area (Å²) in [7, 11) is 0. The van der Waals surface area contributed by atoms with Crippen LogP contribution in [-0.2, 0) is 16.0 Å². The molecule has 2 aliphatic rings. The van der Waals surface area contributed by atoms with Crippen molar-refractivity contribution in [3.63, 3.8) is 0 Å². The van der Waals surface area contributed by atoms with Crippen LogP contribution in [0.4, 0.5) is 0 Å². The molecule has 8 nitrogen and oxygen atoms in total. The highest BCUT2D eigenvalue weighted by Gasteiger charge is 2.42. The molecule has 4 rings (SSSR count). The lowest BCUT2D eigenvalue weighted by Gasteiger charge is -2.37. The van der Waals surface area contributed by atoms with Crippen molar-refractivity contribution in [1.82, 2.24) is 14.7 Å². The van der Waals surface area contributed by atoms with E-state index in [1.54, 1.807) is 41.0 Å². The number of nitrogens with zero attached hydrogens (tertiary/aromatic N) is 3. The number of amides is 4. The Balaban J connectivity index is 1.31. The Kier molecular flexibility index (Phi) is 6.44. The molecule has 0 spiro atoms. The van der Waals surface area contributed by atoms with Gasteiger partial charge in [-0.1, -0.05) is 37.3 Å². The highest BCUT2D eigenvalue weighted by molar-refractivity contribution is 6.22. The molecule has 1 atom stereocenters. The molecular weight excluding hydrogens is 422 g/mol. The SMILES string of the molecule is CCc1ccccc1OCC(=O)N1CCN(C(=O)C(C)N2C(=O)c3ccccc3C2=O)CC1. The lowest BCUT2D eigenvalue weighted by Crippen LogP contribution is -2.56. The molecule has 0 radical (unpaired) electrons. The summed E-state index contributed by atoms with van der Waals surface area (Å²) in [5, 5.41) is 0. The summed E-state index contributed by atoms with van der Waals surface area (Å²) in [6, 6.07) is 13.3. The number of piperazine rings is 1. The van der Waals surface area contributed by atoms with Gasteiger partial charge >= 0.3 is 0 Å². The Labute approximate surface area is 192 Å². The number of carbonyl (C=O) groups excluding carboxylic acids is 4.